The molecule has 1 heterocycles. The van der Waals surface area contributed by atoms with Gasteiger partial charge in [0.05, 0.1) is 0 Å². The highest BCUT2D eigenvalue weighted by Gasteiger charge is 2.19. The van der Waals surface area contributed by atoms with Gasteiger partial charge in [-0.25, -0.2) is 0 Å². The zero-order valence-corrected chi connectivity index (χ0v) is 10.6. The summed E-state index contributed by atoms with van der Waals surface area (Å²) in [5, 5.41) is 2.15. The summed E-state index contributed by atoms with van der Waals surface area (Å²) in [4.78, 5) is 1.44. The van der Waals surface area contributed by atoms with Crippen molar-refractivity contribution < 1.29 is 0 Å². The Morgan fingerprint density at radius 1 is 1.43 bits per heavy atom. The molecule has 0 aliphatic heterocycles. The smallest absolute Gasteiger partial charge is 0.0172 e. The lowest BCUT2D eigenvalue weighted by Crippen LogP contribution is -2.13. The first-order chi connectivity index (χ1) is 6.43. The summed E-state index contributed by atoms with van der Waals surface area (Å²) in [5.74, 6) is 0.647. The van der Waals surface area contributed by atoms with Crippen molar-refractivity contribution in [1.82, 2.24) is 0 Å². The lowest BCUT2D eigenvalue weighted by molar-refractivity contribution is 0.655. The van der Waals surface area contributed by atoms with Gasteiger partial charge < -0.3 is 0 Å². The van der Waals surface area contributed by atoms with Gasteiger partial charge in [-0.3, -0.25) is 0 Å². The van der Waals surface area contributed by atoms with E-state index in [0.29, 0.717) is 5.92 Å². The van der Waals surface area contributed by atoms with E-state index in [9.17, 15) is 0 Å². The van der Waals surface area contributed by atoms with Gasteiger partial charge >= 0.3 is 0 Å². The summed E-state index contributed by atoms with van der Waals surface area (Å²) in [7, 11) is 0. The second-order valence-corrected chi connectivity index (χ2v) is 5.69. The standard InChI is InChI=1S/C13H20S/c1-10(2)11(3)9-13(4,5)12-7-6-8-14-12/h6-10H,1-5H3. The third kappa shape index (κ3) is 2.71. The highest BCUT2D eigenvalue weighted by atomic mass is 32.1. The maximum atomic E-state index is 2.39. The van der Waals surface area contributed by atoms with Crippen LogP contribution in [0.3, 0.4) is 0 Å². The van der Waals surface area contributed by atoms with Crippen LogP contribution in [-0.2, 0) is 5.41 Å². The first-order valence-corrected chi connectivity index (χ1v) is 6.05. The third-order valence-electron chi connectivity index (χ3n) is 2.66. The lowest BCUT2D eigenvalue weighted by atomic mass is 9.87. The molecule has 0 atom stereocenters. The van der Waals surface area contributed by atoms with E-state index < -0.39 is 0 Å². The Balaban J connectivity index is 2.92. The van der Waals surface area contributed by atoms with E-state index in [-0.39, 0.29) is 5.41 Å². The van der Waals surface area contributed by atoms with E-state index in [1.54, 1.807) is 0 Å². The maximum Gasteiger partial charge on any atom is 0.0172 e. The zero-order valence-electron chi connectivity index (χ0n) is 9.79. The molecule has 0 N–H and O–H groups in total. The molecule has 1 heteroatoms. The molecular formula is C13H20S. The molecule has 0 nitrogen and oxygen atoms in total. The molecule has 14 heavy (non-hydrogen) atoms. The van der Waals surface area contributed by atoms with Gasteiger partial charge in [-0.05, 0) is 24.3 Å². The Labute approximate surface area is 91.7 Å². The predicted octanol–water partition coefficient (Wildman–Crippen LogP) is 4.63. The zero-order chi connectivity index (χ0) is 10.8. The first-order valence-electron chi connectivity index (χ1n) is 5.17. The van der Waals surface area contributed by atoms with E-state index >= 15 is 0 Å². The Morgan fingerprint density at radius 3 is 2.50 bits per heavy atom. The summed E-state index contributed by atoms with van der Waals surface area (Å²) in [6.45, 7) is 11.3. The van der Waals surface area contributed by atoms with Gasteiger partial charge in [-0.2, -0.15) is 0 Å². The monoisotopic (exact) mass is 208 g/mol. The van der Waals surface area contributed by atoms with Gasteiger partial charge in [-0.1, -0.05) is 45.4 Å². The van der Waals surface area contributed by atoms with Crippen molar-refractivity contribution in [1.29, 1.82) is 0 Å². The van der Waals surface area contributed by atoms with Crippen molar-refractivity contribution >= 4 is 11.3 Å². The minimum absolute atomic E-state index is 0.183. The number of hydrogen-bond donors (Lipinski definition) is 0. The summed E-state index contributed by atoms with van der Waals surface area (Å²) in [6.07, 6.45) is 2.39. The maximum absolute atomic E-state index is 2.39. The fraction of sp³-hybridized carbons (Fsp3) is 0.538. The Hall–Kier alpha value is -0.560. The van der Waals surface area contributed by atoms with Crippen molar-refractivity contribution in [2.24, 2.45) is 5.92 Å². The molecule has 0 unspecified atom stereocenters. The normalized spacial score (nSPS) is 13.7. The van der Waals surface area contributed by atoms with Crippen LogP contribution in [0.2, 0.25) is 0 Å². The van der Waals surface area contributed by atoms with E-state index in [0.717, 1.165) is 0 Å². The van der Waals surface area contributed by atoms with Gasteiger partial charge in [-0.15, -0.1) is 11.3 Å². The quantitative estimate of drug-likeness (QED) is 0.635. The fourth-order valence-electron chi connectivity index (χ4n) is 1.45. The number of allylic oxidation sites excluding steroid dienone is 2. The number of rotatable bonds is 3. The van der Waals surface area contributed by atoms with Crippen LogP contribution < -0.4 is 0 Å². The van der Waals surface area contributed by atoms with Gasteiger partial charge in [0.2, 0.25) is 0 Å². The largest absolute Gasteiger partial charge is 0.148 e. The van der Waals surface area contributed by atoms with E-state index in [4.69, 9.17) is 0 Å². The molecule has 0 aliphatic rings. The van der Waals surface area contributed by atoms with E-state index in [2.05, 4.69) is 58.2 Å². The van der Waals surface area contributed by atoms with Gasteiger partial charge in [0.25, 0.3) is 0 Å². The summed E-state index contributed by atoms with van der Waals surface area (Å²) < 4.78 is 0. The molecule has 0 spiro atoms. The van der Waals surface area contributed by atoms with Crippen LogP contribution in [0.4, 0.5) is 0 Å². The van der Waals surface area contributed by atoms with E-state index in [1.807, 2.05) is 11.3 Å². The highest BCUT2D eigenvalue weighted by Crippen LogP contribution is 2.30. The molecule has 0 saturated heterocycles. The number of thiophene rings is 1. The molecule has 0 radical (unpaired) electrons. The molecule has 0 amide bonds. The minimum Gasteiger partial charge on any atom is -0.148 e. The summed E-state index contributed by atoms with van der Waals surface area (Å²) >= 11 is 1.84. The lowest BCUT2D eigenvalue weighted by Gasteiger charge is -2.21. The topological polar surface area (TPSA) is 0 Å². The molecule has 0 aromatic carbocycles. The molecule has 0 saturated carbocycles. The van der Waals surface area contributed by atoms with Crippen molar-refractivity contribution in [2.45, 2.75) is 40.0 Å². The summed E-state index contributed by atoms with van der Waals surface area (Å²) in [5.41, 5.74) is 1.66. The molecule has 78 valence electrons. The average Bonchev–Trinajstić information content (AvgIpc) is 2.54. The van der Waals surface area contributed by atoms with Crippen LogP contribution in [0.25, 0.3) is 0 Å². The minimum atomic E-state index is 0.183. The number of hydrogen-bond acceptors (Lipinski definition) is 1. The highest BCUT2D eigenvalue weighted by molar-refractivity contribution is 7.10. The van der Waals surface area contributed by atoms with Crippen LogP contribution in [0.1, 0.15) is 39.5 Å². The van der Waals surface area contributed by atoms with Crippen molar-refractivity contribution in [3.05, 3.63) is 34.0 Å². The molecule has 1 aromatic rings. The Morgan fingerprint density at radius 2 is 2.07 bits per heavy atom. The van der Waals surface area contributed by atoms with Gasteiger partial charge in [0.15, 0.2) is 0 Å². The SMILES string of the molecule is CC(=CC(C)(C)c1cccs1)C(C)C. The molecule has 1 rings (SSSR count). The first kappa shape index (κ1) is 11.5. The molecule has 0 bridgehead atoms. The van der Waals surface area contributed by atoms with Crippen LogP contribution in [0, 0.1) is 5.92 Å². The van der Waals surface area contributed by atoms with Crippen molar-refractivity contribution in [3.8, 4) is 0 Å². The second kappa shape index (κ2) is 4.31. The van der Waals surface area contributed by atoms with E-state index in [1.165, 1.54) is 10.5 Å². The molecule has 0 fully saturated rings. The van der Waals surface area contributed by atoms with Crippen LogP contribution >= 0.6 is 11.3 Å². The van der Waals surface area contributed by atoms with Gasteiger partial charge in [0, 0.05) is 10.3 Å². The Bertz CT molecular complexity index is 302. The Kier molecular flexibility index (Phi) is 3.54. The van der Waals surface area contributed by atoms with Crippen molar-refractivity contribution in [2.75, 3.05) is 0 Å². The van der Waals surface area contributed by atoms with Crippen molar-refractivity contribution in [3.63, 3.8) is 0 Å². The fourth-order valence-corrected chi connectivity index (χ4v) is 2.28. The molecule has 1 aromatic heterocycles. The molecular weight excluding hydrogens is 188 g/mol. The molecule has 0 aliphatic carbocycles. The van der Waals surface area contributed by atoms with Crippen LogP contribution in [0.5, 0.6) is 0 Å². The van der Waals surface area contributed by atoms with Crippen LogP contribution in [0.15, 0.2) is 29.2 Å². The van der Waals surface area contributed by atoms with Gasteiger partial charge in [0.1, 0.15) is 0 Å². The van der Waals surface area contributed by atoms with Crippen LogP contribution in [-0.4, -0.2) is 0 Å². The third-order valence-corrected chi connectivity index (χ3v) is 3.86. The average molecular weight is 208 g/mol. The second-order valence-electron chi connectivity index (χ2n) is 4.74. The predicted molar refractivity (Wildman–Crippen MR) is 65.9 cm³/mol. The summed E-state index contributed by atoms with van der Waals surface area (Å²) in [6, 6.07) is 4.34.